The van der Waals surface area contributed by atoms with Gasteiger partial charge in [0.2, 0.25) is 9.84 Å². The summed E-state index contributed by atoms with van der Waals surface area (Å²) in [6.45, 7) is 0. The van der Waals surface area contributed by atoms with Gasteiger partial charge in [0.05, 0.1) is 4.90 Å². The predicted molar refractivity (Wildman–Crippen MR) is 78.9 cm³/mol. The molecule has 2 aromatic rings. The highest BCUT2D eigenvalue weighted by Crippen LogP contribution is 2.23. The number of nitrogens with one attached hydrogen (secondary N) is 1. The molecule has 0 spiro atoms. The Hall–Kier alpha value is -1.66. The first-order valence-electron chi connectivity index (χ1n) is 5.97. The number of anilines is 2. The topological polar surface area (TPSA) is 46.2 Å². The van der Waals surface area contributed by atoms with Crippen LogP contribution in [0, 0.1) is 0 Å². The van der Waals surface area contributed by atoms with Crippen LogP contribution < -0.4 is 5.32 Å². The lowest BCUT2D eigenvalue weighted by Gasteiger charge is -2.09. The maximum atomic E-state index is 12.4. The first-order chi connectivity index (χ1) is 9.93. The van der Waals surface area contributed by atoms with E-state index in [4.69, 9.17) is 11.6 Å². The molecule has 0 atom stereocenters. The molecule has 3 nitrogen and oxygen atoms in total. The van der Waals surface area contributed by atoms with Crippen molar-refractivity contribution >= 4 is 32.8 Å². The third-order valence-corrected chi connectivity index (χ3v) is 4.49. The number of benzene rings is 2. The Balaban J connectivity index is 2.20. The van der Waals surface area contributed by atoms with Gasteiger partial charge in [-0.25, -0.2) is 8.42 Å². The third-order valence-electron chi connectivity index (χ3n) is 2.79. The third kappa shape index (κ3) is 3.71. The Bertz CT molecular complexity index is 718. The van der Waals surface area contributed by atoms with Gasteiger partial charge in [0.1, 0.15) is 0 Å². The number of halogens is 3. The van der Waals surface area contributed by atoms with Gasteiger partial charge in [-0.1, -0.05) is 12.1 Å². The highest BCUT2D eigenvalue weighted by Gasteiger charge is 2.26. The van der Waals surface area contributed by atoms with Crippen LogP contribution in [0.25, 0.3) is 0 Å². The molecule has 21 heavy (non-hydrogen) atoms. The SMILES string of the molecule is O=S(=O)(c1ccc(Nc2cccc(CCl)c2)cc1)C(F)F. The first-order valence-corrected chi connectivity index (χ1v) is 8.05. The molecule has 0 saturated heterocycles. The number of rotatable bonds is 5. The number of hydrogen-bond acceptors (Lipinski definition) is 3. The summed E-state index contributed by atoms with van der Waals surface area (Å²) in [5.74, 6) is -3.04. The van der Waals surface area contributed by atoms with Gasteiger partial charge in [-0.15, -0.1) is 11.6 Å². The maximum absolute atomic E-state index is 12.4. The molecule has 0 saturated carbocycles. The molecule has 0 aliphatic rings. The standard InChI is InChI=1S/C14H12ClF2NO2S/c15-9-10-2-1-3-12(8-10)18-11-4-6-13(7-5-11)21(19,20)14(16)17/h1-8,14,18H,9H2. The molecule has 1 N–H and O–H groups in total. The lowest BCUT2D eigenvalue weighted by Crippen LogP contribution is -2.11. The first kappa shape index (κ1) is 15.7. The fraction of sp³-hybridized carbons (Fsp3) is 0.143. The largest absolute Gasteiger partial charge is 0.356 e. The van der Waals surface area contributed by atoms with Crippen LogP contribution in [-0.2, 0) is 15.7 Å². The molecule has 7 heteroatoms. The molecule has 0 heterocycles. The van der Waals surface area contributed by atoms with Gasteiger partial charge < -0.3 is 5.32 Å². The van der Waals surface area contributed by atoms with Gasteiger partial charge in [-0.05, 0) is 42.0 Å². The van der Waals surface area contributed by atoms with E-state index in [2.05, 4.69) is 5.32 Å². The van der Waals surface area contributed by atoms with Crippen molar-refractivity contribution in [3.05, 3.63) is 54.1 Å². The minimum absolute atomic E-state index is 0.376. The molecular formula is C14H12ClF2NO2S. The molecule has 0 fully saturated rings. The summed E-state index contributed by atoms with van der Waals surface area (Å²) in [6.07, 6.45) is 0. The van der Waals surface area contributed by atoms with Crippen LogP contribution in [0.1, 0.15) is 5.56 Å². The van der Waals surface area contributed by atoms with Crippen molar-refractivity contribution in [3.63, 3.8) is 0 Å². The van der Waals surface area contributed by atoms with Gasteiger partial charge in [-0.2, -0.15) is 8.78 Å². The second kappa shape index (κ2) is 6.41. The van der Waals surface area contributed by atoms with E-state index in [9.17, 15) is 17.2 Å². The maximum Gasteiger partial charge on any atom is 0.341 e. The quantitative estimate of drug-likeness (QED) is 0.837. The van der Waals surface area contributed by atoms with Gasteiger partial charge >= 0.3 is 5.76 Å². The monoisotopic (exact) mass is 331 g/mol. The Morgan fingerprint density at radius 1 is 1.05 bits per heavy atom. The average molecular weight is 332 g/mol. The normalized spacial score (nSPS) is 11.6. The Kier molecular flexibility index (Phi) is 4.80. The Morgan fingerprint density at radius 2 is 1.71 bits per heavy atom. The molecule has 0 amide bonds. The molecular weight excluding hydrogens is 320 g/mol. The second-order valence-corrected chi connectivity index (χ2v) is 6.47. The van der Waals surface area contributed by atoms with Gasteiger partial charge in [0, 0.05) is 17.3 Å². The zero-order chi connectivity index (χ0) is 15.5. The van der Waals surface area contributed by atoms with E-state index >= 15 is 0 Å². The number of hydrogen-bond donors (Lipinski definition) is 1. The van der Waals surface area contributed by atoms with Gasteiger partial charge in [0.25, 0.3) is 0 Å². The lowest BCUT2D eigenvalue weighted by atomic mass is 10.2. The highest BCUT2D eigenvalue weighted by atomic mass is 35.5. The van der Waals surface area contributed by atoms with E-state index in [1.807, 2.05) is 24.3 Å². The summed E-state index contributed by atoms with van der Waals surface area (Å²) in [6, 6.07) is 12.5. The fourth-order valence-corrected chi connectivity index (χ4v) is 2.62. The average Bonchev–Trinajstić information content (AvgIpc) is 2.48. The minimum Gasteiger partial charge on any atom is -0.356 e. The molecule has 0 radical (unpaired) electrons. The molecule has 2 rings (SSSR count). The van der Waals surface area contributed by atoms with Crippen LogP contribution in [0.15, 0.2) is 53.4 Å². The zero-order valence-electron chi connectivity index (χ0n) is 10.8. The van der Waals surface area contributed by atoms with Crippen molar-refractivity contribution in [2.24, 2.45) is 0 Å². The van der Waals surface area contributed by atoms with E-state index in [0.717, 1.165) is 23.4 Å². The van der Waals surface area contributed by atoms with Gasteiger partial charge in [0.15, 0.2) is 0 Å². The van der Waals surface area contributed by atoms with Crippen LogP contribution in [0.5, 0.6) is 0 Å². The van der Waals surface area contributed by atoms with Gasteiger partial charge in [-0.3, -0.25) is 0 Å². The van der Waals surface area contributed by atoms with Crippen molar-refractivity contribution in [1.82, 2.24) is 0 Å². The van der Waals surface area contributed by atoms with E-state index in [1.54, 1.807) is 0 Å². The summed E-state index contributed by atoms with van der Waals surface area (Å²) in [5.41, 5.74) is 2.30. The molecule has 0 aliphatic heterocycles. The van der Waals surface area contributed by atoms with Crippen molar-refractivity contribution in [2.75, 3.05) is 5.32 Å². The molecule has 0 aliphatic carbocycles. The van der Waals surface area contributed by atoms with Crippen LogP contribution in [0.4, 0.5) is 20.2 Å². The lowest BCUT2D eigenvalue weighted by molar-refractivity contribution is 0.234. The molecule has 0 unspecified atom stereocenters. The molecule has 2 aromatic carbocycles. The Morgan fingerprint density at radius 3 is 2.29 bits per heavy atom. The number of sulfone groups is 1. The Labute approximate surface area is 126 Å². The second-order valence-electron chi connectivity index (χ2n) is 4.29. The van der Waals surface area contributed by atoms with Crippen molar-refractivity contribution in [1.29, 1.82) is 0 Å². The molecule has 112 valence electrons. The van der Waals surface area contributed by atoms with Crippen LogP contribution >= 0.6 is 11.6 Å². The van der Waals surface area contributed by atoms with E-state index in [1.165, 1.54) is 12.1 Å². The van der Waals surface area contributed by atoms with E-state index in [0.29, 0.717) is 11.6 Å². The zero-order valence-corrected chi connectivity index (χ0v) is 12.3. The molecule has 0 bridgehead atoms. The fourth-order valence-electron chi connectivity index (χ4n) is 1.73. The van der Waals surface area contributed by atoms with E-state index < -0.39 is 20.5 Å². The van der Waals surface area contributed by atoms with Crippen LogP contribution in [-0.4, -0.2) is 14.2 Å². The summed E-state index contributed by atoms with van der Waals surface area (Å²) in [5, 5.41) is 3.05. The van der Waals surface area contributed by atoms with Crippen molar-refractivity contribution < 1.29 is 17.2 Å². The summed E-state index contributed by atoms with van der Waals surface area (Å²) in [7, 11) is -4.56. The molecule has 0 aromatic heterocycles. The summed E-state index contributed by atoms with van der Waals surface area (Å²) in [4.78, 5) is -0.405. The van der Waals surface area contributed by atoms with Crippen LogP contribution in [0.3, 0.4) is 0 Å². The van der Waals surface area contributed by atoms with E-state index in [-0.39, 0.29) is 0 Å². The summed E-state index contributed by atoms with van der Waals surface area (Å²) < 4.78 is 47.4. The predicted octanol–water partition coefficient (Wildman–Crippen LogP) is 4.17. The highest BCUT2D eigenvalue weighted by molar-refractivity contribution is 7.91. The number of alkyl halides is 3. The smallest absolute Gasteiger partial charge is 0.341 e. The van der Waals surface area contributed by atoms with Crippen molar-refractivity contribution in [2.45, 2.75) is 16.5 Å². The van der Waals surface area contributed by atoms with Crippen LogP contribution in [0.2, 0.25) is 0 Å². The summed E-state index contributed by atoms with van der Waals surface area (Å²) >= 11 is 5.74. The van der Waals surface area contributed by atoms with Crippen molar-refractivity contribution in [3.8, 4) is 0 Å². The minimum atomic E-state index is -4.56.